The number of hydrogen-bond acceptors (Lipinski definition) is 9. The van der Waals surface area contributed by atoms with Crippen LogP contribution in [0.3, 0.4) is 0 Å². The predicted octanol–water partition coefficient (Wildman–Crippen LogP) is 6.98. The minimum absolute atomic E-state index is 0.0956. The second-order valence-electron chi connectivity index (χ2n) is 8.65. The van der Waals surface area contributed by atoms with Gasteiger partial charge in [0.2, 0.25) is 0 Å². The van der Waals surface area contributed by atoms with E-state index in [0.717, 1.165) is 16.7 Å². The third-order valence-corrected chi connectivity index (χ3v) is 5.93. The number of hydrogen-bond donors (Lipinski definition) is 4. The van der Waals surface area contributed by atoms with Gasteiger partial charge in [0, 0.05) is 12.1 Å². The molecule has 0 saturated heterocycles. The topological polar surface area (TPSA) is 179 Å². The van der Waals surface area contributed by atoms with Gasteiger partial charge in [-0.3, -0.25) is 10.3 Å². The summed E-state index contributed by atoms with van der Waals surface area (Å²) in [5, 5.41) is 12.2. The van der Waals surface area contributed by atoms with Gasteiger partial charge in [-0.15, -0.1) is 0 Å². The lowest BCUT2D eigenvalue weighted by molar-refractivity contribution is 0.0444. The van der Waals surface area contributed by atoms with Gasteiger partial charge < -0.3 is 29.7 Å². The maximum Gasteiger partial charge on any atom is 0.519 e. The number of nitrogens with zero attached hydrogens (tertiary/aromatic N) is 1. The number of aryl methyl sites for hydroxylation is 1. The first-order valence-corrected chi connectivity index (χ1v) is 14.5. The van der Waals surface area contributed by atoms with Crippen LogP contribution in [0, 0.1) is 6.92 Å². The van der Waals surface area contributed by atoms with Crippen LogP contribution in [0.15, 0.2) is 85.4 Å². The van der Waals surface area contributed by atoms with E-state index in [-0.39, 0.29) is 29.5 Å². The van der Waals surface area contributed by atoms with Gasteiger partial charge in [0.1, 0.15) is 5.84 Å². The Bertz CT molecular complexity index is 1620. The number of benzene rings is 3. The van der Waals surface area contributed by atoms with Crippen molar-refractivity contribution in [1.29, 1.82) is 0 Å². The second-order valence-corrected chi connectivity index (χ2v) is 8.65. The van der Waals surface area contributed by atoms with Crippen molar-refractivity contribution in [2.24, 2.45) is 10.7 Å². The molecule has 0 spiro atoms. The number of para-hydroxylation sites is 1. The molecular formula is C33H40N4O8. The SMILES string of the molecule is CC.CC.CCONc1cccc(C(=O)OCc2oc(=O)oc2C)c1NCc1ccc(-c2ccccc2/C(N)=N/C(=O)O)cc1. The number of ether oxygens (including phenoxy) is 1. The first-order valence-electron chi connectivity index (χ1n) is 14.5. The molecule has 12 nitrogen and oxygen atoms in total. The number of aliphatic imine (C=N–C) groups is 1. The Labute approximate surface area is 261 Å². The Kier molecular flexibility index (Phi) is 14.6. The van der Waals surface area contributed by atoms with E-state index in [1.54, 1.807) is 30.3 Å². The Morgan fingerprint density at radius 1 is 0.933 bits per heavy atom. The molecule has 0 radical (unpaired) electrons. The molecule has 12 heteroatoms. The first kappa shape index (κ1) is 35.8. The van der Waals surface area contributed by atoms with Crippen molar-refractivity contribution in [2.45, 2.75) is 54.7 Å². The van der Waals surface area contributed by atoms with Crippen molar-refractivity contribution < 1.29 is 33.1 Å². The van der Waals surface area contributed by atoms with Gasteiger partial charge in [-0.25, -0.2) is 14.4 Å². The molecule has 0 bridgehead atoms. The second kappa shape index (κ2) is 18.3. The Morgan fingerprint density at radius 3 is 2.22 bits per heavy atom. The monoisotopic (exact) mass is 620 g/mol. The highest BCUT2D eigenvalue weighted by Crippen LogP contribution is 2.29. The molecular weight excluding hydrogens is 580 g/mol. The van der Waals surface area contributed by atoms with Gasteiger partial charge >= 0.3 is 17.9 Å². The van der Waals surface area contributed by atoms with Crippen LogP contribution in [0.5, 0.6) is 0 Å². The molecule has 45 heavy (non-hydrogen) atoms. The van der Waals surface area contributed by atoms with Crippen LogP contribution in [0.25, 0.3) is 11.1 Å². The van der Waals surface area contributed by atoms with E-state index in [1.165, 1.54) is 6.92 Å². The van der Waals surface area contributed by atoms with Crippen LogP contribution in [0.4, 0.5) is 16.2 Å². The normalized spacial score (nSPS) is 10.5. The van der Waals surface area contributed by atoms with Crippen molar-refractivity contribution in [3.8, 4) is 11.1 Å². The maximum absolute atomic E-state index is 13.0. The molecule has 0 saturated carbocycles. The molecule has 4 rings (SSSR count). The van der Waals surface area contributed by atoms with Crippen LogP contribution in [0.1, 0.15) is 67.6 Å². The van der Waals surface area contributed by atoms with Crippen LogP contribution >= 0.6 is 0 Å². The summed E-state index contributed by atoms with van der Waals surface area (Å²) in [7, 11) is 0. The first-order chi connectivity index (χ1) is 21.8. The van der Waals surface area contributed by atoms with Crippen molar-refractivity contribution in [1.82, 2.24) is 0 Å². The quantitative estimate of drug-likeness (QED) is 0.0588. The number of anilines is 2. The zero-order valence-electron chi connectivity index (χ0n) is 26.3. The lowest BCUT2D eigenvalue weighted by Gasteiger charge is -2.17. The summed E-state index contributed by atoms with van der Waals surface area (Å²) >= 11 is 0. The van der Waals surface area contributed by atoms with Crippen LogP contribution < -0.4 is 22.4 Å². The van der Waals surface area contributed by atoms with Gasteiger partial charge in [-0.1, -0.05) is 82.3 Å². The maximum atomic E-state index is 13.0. The highest BCUT2D eigenvalue weighted by atomic mass is 16.6. The predicted molar refractivity (Wildman–Crippen MR) is 173 cm³/mol. The number of esters is 1. The molecule has 1 amide bonds. The van der Waals surface area contributed by atoms with Crippen molar-refractivity contribution in [2.75, 3.05) is 17.4 Å². The zero-order chi connectivity index (χ0) is 33.4. The number of carbonyl (C=O) groups excluding carboxylic acids is 1. The van der Waals surface area contributed by atoms with E-state index in [4.69, 9.17) is 29.2 Å². The Hall–Kier alpha value is -5.36. The lowest BCUT2D eigenvalue weighted by Crippen LogP contribution is -2.16. The van der Waals surface area contributed by atoms with E-state index in [9.17, 15) is 14.4 Å². The smallest absolute Gasteiger partial charge is 0.463 e. The van der Waals surface area contributed by atoms with Gasteiger partial charge in [0.25, 0.3) is 0 Å². The third-order valence-electron chi connectivity index (χ3n) is 5.93. The van der Waals surface area contributed by atoms with Gasteiger partial charge in [0.15, 0.2) is 18.1 Å². The molecule has 4 aromatic rings. The molecule has 1 aromatic heterocycles. The van der Waals surface area contributed by atoms with Crippen molar-refractivity contribution in [3.05, 3.63) is 106 Å². The fourth-order valence-corrected chi connectivity index (χ4v) is 3.98. The largest absolute Gasteiger partial charge is 0.519 e. The zero-order valence-corrected chi connectivity index (χ0v) is 26.3. The number of amides is 1. The van der Waals surface area contributed by atoms with Crippen LogP contribution in [-0.2, 0) is 22.7 Å². The standard InChI is InChI=1S/C29H28N4O8.2C2H6/c1-3-39-33-23-10-6-9-22(27(34)38-16-24-17(2)40-29(37)41-24)25(23)31-15-18-11-13-19(14-12-18)20-7-4-5-8-21(20)26(30)32-28(35)36;2*1-2/h4-14,31,33H,3,15-16H2,1-2H3,(H2,30,32)(H,35,36);2*1-2H3. The number of carboxylic acid groups (broad SMARTS) is 1. The van der Waals surface area contributed by atoms with E-state index in [0.29, 0.717) is 30.1 Å². The van der Waals surface area contributed by atoms with Gasteiger partial charge in [-0.2, -0.15) is 4.99 Å². The molecule has 0 unspecified atom stereocenters. The molecule has 3 aromatic carbocycles. The number of amidine groups is 1. The minimum Gasteiger partial charge on any atom is -0.463 e. The number of carbonyl (C=O) groups is 2. The van der Waals surface area contributed by atoms with E-state index >= 15 is 0 Å². The third kappa shape index (κ3) is 10.1. The Balaban J connectivity index is 0.00000169. The highest BCUT2D eigenvalue weighted by molar-refractivity contribution is 6.07. The number of nitrogens with one attached hydrogen (secondary N) is 2. The fourth-order valence-electron chi connectivity index (χ4n) is 3.98. The van der Waals surface area contributed by atoms with E-state index < -0.39 is 17.9 Å². The summed E-state index contributed by atoms with van der Waals surface area (Å²) in [5.41, 5.74) is 12.9. The van der Waals surface area contributed by atoms with E-state index in [2.05, 4.69) is 15.8 Å². The summed E-state index contributed by atoms with van der Waals surface area (Å²) in [4.78, 5) is 44.1. The summed E-state index contributed by atoms with van der Waals surface area (Å²) in [5.74, 6) is -1.26. The lowest BCUT2D eigenvalue weighted by atomic mass is 9.98. The van der Waals surface area contributed by atoms with Gasteiger partial charge in [-0.05, 0) is 42.7 Å². The van der Waals surface area contributed by atoms with Crippen molar-refractivity contribution in [3.63, 3.8) is 0 Å². The molecule has 5 N–H and O–H groups in total. The summed E-state index contributed by atoms with van der Waals surface area (Å²) in [6.07, 6.45) is -1.37. The van der Waals surface area contributed by atoms with E-state index in [1.807, 2.05) is 71.0 Å². The average Bonchev–Trinajstić information content (AvgIpc) is 3.39. The molecule has 0 aliphatic heterocycles. The van der Waals surface area contributed by atoms with Crippen molar-refractivity contribution >= 4 is 29.3 Å². The average molecular weight is 621 g/mol. The summed E-state index contributed by atoms with van der Waals surface area (Å²) in [6, 6.07) is 19.7. The molecule has 0 aliphatic rings. The molecule has 0 fully saturated rings. The molecule has 0 aliphatic carbocycles. The highest BCUT2D eigenvalue weighted by Gasteiger charge is 2.19. The number of nitrogens with two attached hydrogens (primary N) is 1. The fraction of sp³-hybridized carbons (Fsp3) is 0.273. The molecule has 1 heterocycles. The minimum atomic E-state index is -1.37. The Morgan fingerprint density at radius 2 is 1.60 bits per heavy atom. The van der Waals surface area contributed by atoms with Crippen LogP contribution in [0.2, 0.25) is 0 Å². The molecule has 240 valence electrons. The number of rotatable bonds is 11. The van der Waals surface area contributed by atoms with Crippen LogP contribution in [-0.4, -0.2) is 29.6 Å². The summed E-state index contributed by atoms with van der Waals surface area (Å²) < 4.78 is 15.1. The summed E-state index contributed by atoms with van der Waals surface area (Å²) in [6.45, 7) is 11.8. The molecule has 0 atom stereocenters. The van der Waals surface area contributed by atoms with Gasteiger partial charge in [0.05, 0.1) is 23.5 Å².